The van der Waals surface area contributed by atoms with Crippen molar-refractivity contribution in [2.24, 2.45) is 5.92 Å². The van der Waals surface area contributed by atoms with Crippen molar-refractivity contribution >= 4 is 27.7 Å². The quantitative estimate of drug-likeness (QED) is 0.153. The molecule has 2 N–H and O–H groups in total. The van der Waals surface area contributed by atoms with Gasteiger partial charge in [0.05, 0.1) is 26.9 Å². The molecule has 0 bridgehead atoms. The summed E-state index contributed by atoms with van der Waals surface area (Å²) in [6, 6.07) is 14.6. The monoisotopic (exact) mass is 624 g/mol. The van der Waals surface area contributed by atoms with Crippen LogP contribution in [0.1, 0.15) is 65.7 Å². The number of likely N-dealkylation sites (tertiary alicyclic amines) is 1. The molecule has 46 heavy (non-hydrogen) atoms. The average molecular weight is 625 g/mol. The second-order valence-electron chi connectivity index (χ2n) is 11.9. The lowest BCUT2D eigenvalue weighted by Gasteiger charge is -2.33. The summed E-state index contributed by atoms with van der Waals surface area (Å²) in [5.41, 5.74) is 2.91. The molecule has 1 aliphatic rings. The van der Waals surface area contributed by atoms with Gasteiger partial charge < -0.3 is 28.8 Å². The third-order valence-corrected chi connectivity index (χ3v) is 9.23. The number of carboxylic acids is 1. The highest BCUT2D eigenvalue weighted by Crippen LogP contribution is 2.47. The Labute approximate surface area is 268 Å². The number of ether oxygens (including phenoxy) is 3. The fourth-order valence-electron chi connectivity index (χ4n) is 6.77. The van der Waals surface area contributed by atoms with E-state index >= 15 is 0 Å². The van der Waals surface area contributed by atoms with Crippen molar-refractivity contribution in [3.63, 3.8) is 0 Å². The number of rotatable bonds is 11. The van der Waals surface area contributed by atoms with Gasteiger partial charge >= 0.3 is 5.97 Å². The smallest absolute Gasteiger partial charge is 0.339 e. The molecule has 9 heteroatoms. The van der Waals surface area contributed by atoms with Crippen LogP contribution in [0.3, 0.4) is 0 Å². The molecule has 240 valence electrons. The van der Waals surface area contributed by atoms with Crippen molar-refractivity contribution in [1.29, 1.82) is 0 Å². The fraction of sp³-hybridized carbons (Fsp3) is 0.351. The number of phenolic OH excluding ortho intramolecular Hbond substituents is 1. The lowest BCUT2D eigenvalue weighted by molar-refractivity contribution is 0.0698. The predicted molar refractivity (Wildman–Crippen MR) is 176 cm³/mol. The second kappa shape index (κ2) is 13.7. The summed E-state index contributed by atoms with van der Waals surface area (Å²) in [7, 11) is 3.24. The summed E-state index contributed by atoms with van der Waals surface area (Å²) in [4.78, 5) is 19.1. The zero-order valence-corrected chi connectivity index (χ0v) is 26.5. The summed E-state index contributed by atoms with van der Waals surface area (Å²) in [6.07, 6.45) is 9.68. The number of aromatic nitrogens is 1. The highest BCUT2D eigenvalue weighted by molar-refractivity contribution is 6.16. The molecule has 0 aliphatic carbocycles. The number of aromatic hydroxyl groups is 1. The summed E-state index contributed by atoms with van der Waals surface area (Å²) in [5, 5.41) is 24.0. The third kappa shape index (κ3) is 6.20. The van der Waals surface area contributed by atoms with Gasteiger partial charge in [0.25, 0.3) is 0 Å². The zero-order valence-electron chi connectivity index (χ0n) is 26.5. The Balaban J connectivity index is 1.44. The van der Waals surface area contributed by atoms with Crippen molar-refractivity contribution in [3.05, 3.63) is 89.4 Å². The van der Waals surface area contributed by atoms with E-state index in [1.54, 1.807) is 26.6 Å². The normalized spacial score (nSPS) is 16.3. The van der Waals surface area contributed by atoms with Crippen LogP contribution in [0.2, 0.25) is 0 Å². The fourth-order valence-corrected chi connectivity index (χ4v) is 6.77. The number of nitrogens with zero attached hydrogens (tertiary/aromatic N) is 2. The van der Waals surface area contributed by atoms with Gasteiger partial charge in [0, 0.05) is 46.6 Å². The molecular formula is C37H40N2O7. The minimum Gasteiger partial charge on any atom is -0.507 e. The second-order valence-corrected chi connectivity index (χ2v) is 11.9. The Bertz CT molecular complexity index is 1810. The number of fused-ring (bicyclic) bond motifs is 3. The van der Waals surface area contributed by atoms with Crippen LogP contribution in [-0.2, 0) is 6.42 Å². The van der Waals surface area contributed by atoms with Gasteiger partial charge in [-0.25, -0.2) is 4.79 Å². The Kier molecular flexibility index (Phi) is 9.30. The molecule has 0 spiro atoms. The number of carboxylic acid groups (broad SMARTS) is 1. The Hall–Kier alpha value is -4.76. The number of furan rings is 1. The Morgan fingerprint density at radius 1 is 1.00 bits per heavy atom. The zero-order chi connectivity index (χ0) is 32.2. The molecule has 0 amide bonds. The SMILES string of the molecule is CCC1CCCN(C(c2ccncc2)c2c(O)c3cc(OCCc4cc(OC)cc(OC)c4)ccc3c3occ(C(=O)O)c23)CC1. The summed E-state index contributed by atoms with van der Waals surface area (Å²) >= 11 is 0. The van der Waals surface area contributed by atoms with Gasteiger partial charge in [-0.15, -0.1) is 0 Å². The number of methoxy groups -OCH3 is 2. The average Bonchev–Trinajstić information content (AvgIpc) is 3.39. The van der Waals surface area contributed by atoms with Gasteiger partial charge in [0.15, 0.2) is 0 Å². The van der Waals surface area contributed by atoms with Crippen molar-refractivity contribution in [2.75, 3.05) is 33.9 Å². The molecule has 1 saturated heterocycles. The molecule has 5 aromatic rings. The Morgan fingerprint density at radius 2 is 1.76 bits per heavy atom. The highest BCUT2D eigenvalue weighted by atomic mass is 16.5. The first-order valence-corrected chi connectivity index (χ1v) is 15.8. The minimum absolute atomic E-state index is 0.0208. The molecule has 3 heterocycles. The van der Waals surface area contributed by atoms with Gasteiger partial charge in [-0.05, 0) is 91.9 Å². The van der Waals surface area contributed by atoms with E-state index in [4.69, 9.17) is 18.6 Å². The van der Waals surface area contributed by atoms with Gasteiger partial charge in [-0.2, -0.15) is 0 Å². The lowest BCUT2D eigenvalue weighted by Crippen LogP contribution is -2.31. The van der Waals surface area contributed by atoms with E-state index in [0.29, 0.717) is 63.5 Å². The van der Waals surface area contributed by atoms with Crippen molar-refractivity contribution in [3.8, 4) is 23.0 Å². The maximum atomic E-state index is 12.5. The van der Waals surface area contributed by atoms with E-state index in [9.17, 15) is 15.0 Å². The summed E-state index contributed by atoms with van der Waals surface area (Å²) in [5.74, 6) is 1.54. The van der Waals surface area contributed by atoms with Crippen molar-refractivity contribution in [1.82, 2.24) is 9.88 Å². The summed E-state index contributed by atoms with van der Waals surface area (Å²) < 4.78 is 23.0. The van der Waals surface area contributed by atoms with Crippen molar-refractivity contribution in [2.45, 2.75) is 45.1 Å². The molecule has 0 saturated carbocycles. The van der Waals surface area contributed by atoms with Gasteiger partial charge in [0.2, 0.25) is 0 Å². The van der Waals surface area contributed by atoms with Crippen LogP contribution in [0.25, 0.3) is 21.7 Å². The maximum absolute atomic E-state index is 12.5. The van der Waals surface area contributed by atoms with Crippen LogP contribution in [-0.4, -0.2) is 60.0 Å². The van der Waals surface area contributed by atoms with Crippen LogP contribution in [0.5, 0.6) is 23.0 Å². The number of phenols is 1. The number of benzene rings is 3. The van der Waals surface area contributed by atoms with E-state index < -0.39 is 12.0 Å². The lowest BCUT2D eigenvalue weighted by atomic mass is 9.89. The first-order valence-electron chi connectivity index (χ1n) is 15.8. The largest absolute Gasteiger partial charge is 0.507 e. The first-order chi connectivity index (χ1) is 22.4. The third-order valence-electron chi connectivity index (χ3n) is 9.23. The van der Waals surface area contributed by atoms with Crippen molar-refractivity contribution < 1.29 is 33.6 Å². The number of hydrogen-bond donors (Lipinski definition) is 2. The van der Waals surface area contributed by atoms with Crippen LogP contribution < -0.4 is 14.2 Å². The van der Waals surface area contributed by atoms with Crippen LogP contribution in [0.15, 0.2) is 71.6 Å². The molecule has 2 aromatic heterocycles. The van der Waals surface area contributed by atoms with E-state index in [1.807, 2.05) is 48.5 Å². The topological polar surface area (TPSA) is 114 Å². The van der Waals surface area contributed by atoms with Gasteiger partial charge in [0.1, 0.15) is 40.4 Å². The molecular weight excluding hydrogens is 584 g/mol. The van der Waals surface area contributed by atoms with Gasteiger partial charge in [-0.3, -0.25) is 9.88 Å². The molecule has 2 atom stereocenters. The van der Waals surface area contributed by atoms with Crippen LogP contribution in [0, 0.1) is 5.92 Å². The molecule has 2 unspecified atom stereocenters. The molecule has 3 aromatic carbocycles. The molecule has 1 aliphatic heterocycles. The number of pyridine rings is 1. The van der Waals surface area contributed by atoms with E-state index in [2.05, 4.69) is 16.8 Å². The van der Waals surface area contributed by atoms with E-state index in [0.717, 1.165) is 49.9 Å². The van der Waals surface area contributed by atoms with Crippen LogP contribution >= 0.6 is 0 Å². The molecule has 9 nitrogen and oxygen atoms in total. The van der Waals surface area contributed by atoms with E-state index in [1.165, 1.54) is 6.26 Å². The first kappa shape index (κ1) is 31.2. The van der Waals surface area contributed by atoms with E-state index in [-0.39, 0.29) is 11.3 Å². The molecule has 0 radical (unpaired) electrons. The molecule has 6 rings (SSSR count). The minimum atomic E-state index is -1.11. The molecule has 1 fully saturated rings. The van der Waals surface area contributed by atoms with Crippen LogP contribution in [0.4, 0.5) is 0 Å². The Morgan fingerprint density at radius 3 is 2.46 bits per heavy atom. The van der Waals surface area contributed by atoms with Gasteiger partial charge in [-0.1, -0.05) is 13.3 Å². The standard InChI is InChI=1S/C37H40N2O7/c1-4-23-6-5-15-39(16-11-23)34(25-9-13-38-14-10-25)33-32-31(37(41)42)22-46-36(32)29-8-7-26(21-30(29)35(33)40)45-17-12-24-18-27(43-2)20-28(19-24)44-3/h7-10,13-14,18-23,34,40H,4-6,11-12,15-17H2,1-3H3,(H,41,42). The maximum Gasteiger partial charge on any atom is 0.339 e. The summed E-state index contributed by atoms with van der Waals surface area (Å²) in [6.45, 7) is 4.26. The highest BCUT2D eigenvalue weighted by Gasteiger charge is 2.33. The number of hydrogen-bond acceptors (Lipinski definition) is 8. The predicted octanol–water partition coefficient (Wildman–Crippen LogP) is 7.63. The number of carbonyl (C=O) groups is 1. The number of aromatic carboxylic acids is 1.